The van der Waals surface area contributed by atoms with Gasteiger partial charge in [-0.3, -0.25) is 10.1 Å². The number of carboxylic acids is 1. The van der Waals surface area contributed by atoms with Crippen LogP contribution in [-0.2, 0) is 0 Å². The van der Waals surface area contributed by atoms with Crippen LogP contribution in [0.25, 0.3) is 0 Å². The van der Waals surface area contributed by atoms with E-state index in [9.17, 15) is 19.3 Å². The van der Waals surface area contributed by atoms with E-state index < -0.39 is 28.0 Å². The van der Waals surface area contributed by atoms with Crippen molar-refractivity contribution in [3.8, 4) is 0 Å². The summed E-state index contributed by atoms with van der Waals surface area (Å²) in [5.74, 6) is -1.91. The molecule has 2 rings (SSSR count). The van der Waals surface area contributed by atoms with Crippen molar-refractivity contribution in [3.63, 3.8) is 0 Å². The Bertz CT molecular complexity index is 529. The fraction of sp³-hybridized carbons (Fsp3) is 0.417. The summed E-state index contributed by atoms with van der Waals surface area (Å²) >= 11 is 0. The quantitative estimate of drug-likeness (QED) is 0.611. The summed E-state index contributed by atoms with van der Waals surface area (Å²) < 4.78 is 13.4. The molecule has 0 amide bonds. The van der Waals surface area contributed by atoms with Crippen molar-refractivity contribution in [3.05, 3.63) is 33.6 Å². The number of nitro groups is 1. The van der Waals surface area contributed by atoms with Crippen LogP contribution in [0.15, 0.2) is 12.1 Å². The van der Waals surface area contributed by atoms with E-state index in [0.717, 1.165) is 25.3 Å². The van der Waals surface area contributed by atoms with E-state index in [1.54, 1.807) is 0 Å². The highest BCUT2D eigenvalue weighted by Gasteiger charge is 2.23. The Balaban J connectivity index is 2.22. The van der Waals surface area contributed by atoms with Gasteiger partial charge in [0.15, 0.2) is 0 Å². The number of anilines is 1. The Morgan fingerprint density at radius 1 is 1.53 bits per heavy atom. The minimum absolute atomic E-state index is 0.0458. The third kappa shape index (κ3) is 3.18. The summed E-state index contributed by atoms with van der Waals surface area (Å²) in [6.45, 7) is 0.510. The number of carbonyl (C=O) groups is 1. The van der Waals surface area contributed by atoms with Crippen LogP contribution in [0.4, 0.5) is 15.8 Å². The molecular weight excluding hydrogens is 255 g/mol. The molecule has 2 N–H and O–H groups in total. The van der Waals surface area contributed by atoms with Gasteiger partial charge in [0.05, 0.1) is 16.6 Å². The molecule has 0 radical (unpaired) electrons. The molecule has 0 aliphatic heterocycles. The highest BCUT2D eigenvalue weighted by molar-refractivity contribution is 5.90. The van der Waals surface area contributed by atoms with Crippen LogP contribution in [0.3, 0.4) is 0 Å². The number of aromatic carboxylic acids is 1. The van der Waals surface area contributed by atoms with E-state index in [-0.39, 0.29) is 5.69 Å². The first-order valence-corrected chi connectivity index (χ1v) is 5.94. The normalized spacial score (nSPS) is 14.2. The largest absolute Gasteiger partial charge is 0.478 e. The molecule has 7 heteroatoms. The van der Waals surface area contributed by atoms with Gasteiger partial charge in [0.2, 0.25) is 0 Å². The van der Waals surface area contributed by atoms with Crippen LogP contribution in [0, 0.1) is 21.8 Å². The molecule has 0 aromatic heterocycles. The van der Waals surface area contributed by atoms with Gasteiger partial charge in [-0.1, -0.05) is 12.8 Å². The molecule has 1 aromatic rings. The number of halogens is 1. The molecule has 102 valence electrons. The minimum Gasteiger partial charge on any atom is -0.478 e. The zero-order chi connectivity index (χ0) is 14.0. The van der Waals surface area contributed by atoms with Crippen molar-refractivity contribution in [1.82, 2.24) is 0 Å². The molecule has 0 spiro atoms. The molecule has 0 unspecified atom stereocenters. The van der Waals surface area contributed by atoms with Gasteiger partial charge < -0.3 is 10.4 Å². The van der Waals surface area contributed by atoms with Gasteiger partial charge in [0.1, 0.15) is 11.5 Å². The summed E-state index contributed by atoms with van der Waals surface area (Å²) in [5, 5.41) is 22.4. The van der Waals surface area contributed by atoms with E-state index in [1.807, 2.05) is 0 Å². The topological polar surface area (TPSA) is 92.5 Å². The number of benzene rings is 1. The van der Waals surface area contributed by atoms with Crippen molar-refractivity contribution in [2.45, 2.75) is 19.3 Å². The third-order valence-corrected chi connectivity index (χ3v) is 3.08. The maximum absolute atomic E-state index is 13.4. The maximum Gasteiger partial charge on any atom is 0.338 e. The lowest BCUT2D eigenvalue weighted by molar-refractivity contribution is -0.384. The zero-order valence-electron chi connectivity index (χ0n) is 10.1. The van der Waals surface area contributed by atoms with Crippen LogP contribution in [0.5, 0.6) is 0 Å². The van der Waals surface area contributed by atoms with Gasteiger partial charge in [0.25, 0.3) is 5.69 Å². The Labute approximate surface area is 108 Å². The van der Waals surface area contributed by atoms with E-state index in [1.165, 1.54) is 0 Å². The number of rotatable bonds is 6. The lowest BCUT2D eigenvalue weighted by Crippen LogP contribution is -2.08. The summed E-state index contributed by atoms with van der Waals surface area (Å²) in [5.41, 5.74) is -0.970. The standard InChI is InChI=1S/C12H13FN2O4/c13-9-6-11(15(18)19)10(5-8(9)12(16)17)14-4-3-7-1-2-7/h5-7,14H,1-4H2,(H,16,17). The molecule has 1 fully saturated rings. The molecule has 19 heavy (non-hydrogen) atoms. The monoisotopic (exact) mass is 268 g/mol. The van der Waals surface area contributed by atoms with Gasteiger partial charge in [-0.25, -0.2) is 9.18 Å². The van der Waals surface area contributed by atoms with Gasteiger partial charge in [-0.2, -0.15) is 0 Å². The smallest absolute Gasteiger partial charge is 0.338 e. The van der Waals surface area contributed by atoms with E-state index in [2.05, 4.69) is 5.32 Å². The van der Waals surface area contributed by atoms with Crippen molar-refractivity contribution < 1.29 is 19.2 Å². The van der Waals surface area contributed by atoms with Gasteiger partial charge in [-0.15, -0.1) is 0 Å². The molecule has 0 heterocycles. The first-order valence-electron chi connectivity index (χ1n) is 5.94. The summed E-state index contributed by atoms with van der Waals surface area (Å²) in [4.78, 5) is 20.9. The van der Waals surface area contributed by atoms with Crippen LogP contribution in [0.2, 0.25) is 0 Å². The van der Waals surface area contributed by atoms with Crippen molar-refractivity contribution in [2.24, 2.45) is 5.92 Å². The summed E-state index contributed by atoms with van der Waals surface area (Å²) in [6, 6.07) is 1.62. The Kier molecular flexibility index (Phi) is 3.64. The van der Waals surface area contributed by atoms with Crippen molar-refractivity contribution in [1.29, 1.82) is 0 Å². The minimum atomic E-state index is -1.45. The van der Waals surface area contributed by atoms with Gasteiger partial charge in [-0.05, 0) is 18.4 Å². The van der Waals surface area contributed by atoms with Crippen molar-refractivity contribution in [2.75, 3.05) is 11.9 Å². The number of hydrogen-bond acceptors (Lipinski definition) is 4. The Morgan fingerprint density at radius 3 is 2.74 bits per heavy atom. The third-order valence-electron chi connectivity index (χ3n) is 3.08. The highest BCUT2D eigenvalue weighted by atomic mass is 19.1. The second-order valence-electron chi connectivity index (χ2n) is 4.57. The number of nitrogens with zero attached hydrogens (tertiary/aromatic N) is 1. The first kappa shape index (κ1) is 13.3. The van der Waals surface area contributed by atoms with Gasteiger partial charge in [0, 0.05) is 6.54 Å². The molecule has 1 aliphatic carbocycles. The van der Waals surface area contributed by atoms with Gasteiger partial charge >= 0.3 is 5.97 Å². The average molecular weight is 268 g/mol. The summed E-state index contributed by atoms with van der Waals surface area (Å²) in [7, 11) is 0. The van der Waals surface area contributed by atoms with Crippen molar-refractivity contribution >= 4 is 17.3 Å². The van der Waals surface area contributed by atoms with Crippen LogP contribution < -0.4 is 5.32 Å². The Morgan fingerprint density at radius 2 is 2.21 bits per heavy atom. The zero-order valence-corrected chi connectivity index (χ0v) is 10.1. The SMILES string of the molecule is O=C(O)c1cc(NCCC2CC2)c([N+](=O)[O-])cc1F. The number of hydrogen-bond donors (Lipinski definition) is 2. The molecule has 1 aromatic carbocycles. The van der Waals surface area contributed by atoms with E-state index >= 15 is 0 Å². The number of nitrogens with one attached hydrogen (secondary N) is 1. The van der Waals surface area contributed by atoms with Crippen LogP contribution >= 0.6 is 0 Å². The van der Waals surface area contributed by atoms with Crippen LogP contribution in [-0.4, -0.2) is 22.5 Å². The lowest BCUT2D eigenvalue weighted by Gasteiger charge is -2.08. The predicted molar refractivity (Wildman–Crippen MR) is 65.8 cm³/mol. The Hall–Kier alpha value is -2.18. The molecule has 0 atom stereocenters. The van der Waals surface area contributed by atoms with E-state index in [0.29, 0.717) is 18.5 Å². The maximum atomic E-state index is 13.4. The van der Waals surface area contributed by atoms with E-state index in [4.69, 9.17) is 5.11 Å². The lowest BCUT2D eigenvalue weighted by atomic mass is 10.1. The van der Waals surface area contributed by atoms with Crippen LogP contribution in [0.1, 0.15) is 29.6 Å². The molecule has 0 saturated heterocycles. The molecular formula is C12H13FN2O4. The second kappa shape index (κ2) is 5.21. The first-order chi connectivity index (χ1) is 8.99. The molecule has 1 saturated carbocycles. The second-order valence-corrected chi connectivity index (χ2v) is 4.57. The number of nitro benzene ring substituents is 1. The molecule has 6 nitrogen and oxygen atoms in total. The summed E-state index contributed by atoms with van der Waals surface area (Å²) in [6.07, 6.45) is 3.19. The predicted octanol–water partition coefficient (Wildman–Crippen LogP) is 2.64. The highest BCUT2D eigenvalue weighted by Crippen LogP contribution is 2.33. The molecule has 0 bridgehead atoms. The average Bonchev–Trinajstić information content (AvgIpc) is 3.13. The fourth-order valence-electron chi connectivity index (χ4n) is 1.84. The fourth-order valence-corrected chi connectivity index (χ4v) is 1.84. The number of carboxylic acid groups (broad SMARTS) is 1. The molecule has 1 aliphatic rings.